The van der Waals surface area contributed by atoms with E-state index in [1.807, 2.05) is 0 Å². The van der Waals surface area contributed by atoms with Crippen molar-refractivity contribution in [2.75, 3.05) is 0 Å². The van der Waals surface area contributed by atoms with Gasteiger partial charge in [-0.25, -0.2) is 0 Å². The van der Waals surface area contributed by atoms with E-state index >= 15 is 0 Å². The van der Waals surface area contributed by atoms with Gasteiger partial charge in [-0.1, -0.05) is 50.6 Å². The Labute approximate surface area is 105 Å². The molecule has 0 aliphatic heterocycles. The predicted molar refractivity (Wildman–Crippen MR) is 72.0 cm³/mol. The van der Waals surface area contributed by atoms with Gasteiger partial charge in [-0.2, -0.15) is 0 Å². The zero-order valence-electron chi connectivity index (χ0n) is 11.0. The highest BCUT2D eigenvalue weighted by molar-refractivity contribution is 5.27. The molecule has 0 aromatic heterocycles. The first-order chi connectivity index (χ1) is 8.24. The molecule has 0 bridgehead atoms. The van der Waals surface area contributed by atoms with Gasteiger partial charge in [0.1, 0.15) is 0 Å². The highest BCUT2D eigenvalue weighted by Crippen LogP contribution is 2.43. The van der Waals surface area contributed by atoms with E-state index in [2.05, 4.69) is 44.2 Å². The summed E-state index contributed by atoms with van der Waals surface area (Å²) in [5.41, 5.74) is 1.27. The largest absolute Gasteiger partial charge is 0.392 e. The third-order valence-corrected chi connectivity index (χ3v) is 4.77. The Morgan fingerprint density at radius 2 is 1.76 bits per heavy atom. The molecular weight excluding hydrogens is 208 g/mol. The van der Waals surface area contributed by atoms with E-state index in [4.69, 9.17) is 0 Å². The molecule has 2 rings (SSSR count). The summed E-state index contributed by atoms with van der Waals surface area (Å²) in [4.78, 5) is 0. The lowest BCUT2D eigenvalue weighted by Gasteiger charge is -2.44. The smallest absolute Gasteiger partial charge is 0.0664 e. The molecule has 0 spiro atoms. The van der Waals surface area contributed by atoms with Crippen LogP contribution in [0.2, 0.25) is 0 Å². The summed E-state index contributed by atoms with van der Waals surface area (Å²) in [6.07, 6.45) is 5.57. The van der Waals surface area contributed by atoms with Crippen LogP contribution in [0.5, 0.6) is 0 Å². The van der Waals surface area contributed by atoms with Crippen LogP contribution < -0.4 is 0 Å². The second-order valence-electron chi connectivity index (χ2n) is 5.37. The topological polar surface area (TPSA) is 20.2 Å². The average molecular weight is 232 g/mol. The standard InChI is InChI=1S/C16H24O/c1-3-16(4-2,14-11-6-5-7-12-14)15(17)13-9-8-10-13/h5-7,11-13,15,17H,3-4,8-10H2,1-2H3. The Bertz CT molecular complexity index is 336. The Morgan fingerprint density at radius 1 is 1.18 bits per heavy atom. The van der Waals surface area contributed by atoms with Gasteiger partial charge in [-0.05, 0) is 37.2 Å². The number of rotatable bonds is 5. The molecule has 1 aromatic carbocycles. The fourth-order valence-electron chi connectivity index (χ4n) is 3.22. The molecular formula is C16H24O. The van der Waals surface area contributed by atoms with Crippen molar-refractivity contribution in [3.63, 3.8) is 0 Å². The van der Waals surface area contributed by atoms with Gasteiger partial charge < -0.3 is 5.11 Å². The first kappa shape index (κ1) is 12.6. The maximum absolute atomic E-state index is 10.7. The van der Waals surface area contributed by atoms with E-state index in [0.717, 1.165) is 12.8 Å². The molecule has 1 saturated carbocycles. The summed E-state index contributed by atoms with van der Waals surface area (Å²) in [6.45, 7) is 4.41. The van der Waals surface area contributed by atoms with E-state index in [-0.39, 0.29) is 11.5 Å². The summed E-state index contributed by atoms with van der Waals surface area (Å²) in [7, 11) is 0. The van der Waals surface area contributed by atoms with Gasteiger partial charge >= 0.3 is 0 Å². The molecule has 0 radical (unpaired) electrons. The molecule has 1 heteroatoms. The van der Waals surface area contributed by atoms with Crippen molar-refractivity contribution in [3.05, 3.63) is 35.9 Å². The lowest BCUT2D eigenvalue weighted by atomic mass is 9.63. The maximum Gasteiger partial charge on any atom is 0.0664 e. The fourth-order valence-corrected chi connectivity index (χ4v) is 3.22. The molecule has 1 N–H and O–H groups in total. The Morgan fingerprint density at radius 3 is 2.18 bits per heavy atom. The van der Waals surface area contributed by atoms with Crippen LogP contribution in [-0.2, 0) is 5.41 Å². The second-order valence-corrected chi connectivity index (χ2v) is 5.37. The first-order valence-electron chi connectivity index (χ1n) is 6.98. The van der Waals surface area contributed by atoms with Crippen LogP contribution in [0.25, 0.3) is 0 Å². The molecule has 1 aliphatic carbocycles. The van der Waals surface area contributed by atoms with Crippen LogP contribution in [-0.4, -0.2) is 11.2 Å². The predicted octanol–water partition coefficient (Wildman–Crippen LogP) is 3.91. The number of aliphatic hydroxyl groups excluding tert-OH is 1. The Balaban J connectivity index is 2.30. The molecule has 1 nitrogen and oxygen atoms in total. The molecule has 17 heavy (non-hydrogen) atoms. The molecule has 94 valence electrons. The van der Waals surface area contributed by atoms with Crippen LogP contribution >= 0.6 is 0 Å². The number of benzene rings is 1. The van der Waals surface area contributed by atoms with Crippen molar-refractivity contribution >= 4 is 0 Å². The minimum atomic E-state index is -0.173. The van der Waals surface area contributed by atoms with Gasteiger partial charge in [-0.15, -0.1) is 0 Å². The van der Waals surface area contributed by atoms with Crippen LogP contribution in [0.1, 0.15) is 51.5 Å². The van der Waals surface area contributed by atoms with E-state index in [1.165, 1.54) is 24.8 Å². The Hall–Kier alpha value is -0.820. The van der Waals surface area contributed by atoms with E-state index < -0.39 is 0 Å². The minimum absolute atomic E-state index is 0.0354. The number of aliphatic hydroxyl groups is 1. The van der Waals surface area contributed by atoms with Crippen LogP contribution in [0.15, 0.2) is 30.3 Å². The first-order valence-corrected chi connectivity index (χ1v) is 6.98. The lowest BCUT2D eigenvalue weighted by molar-refractivity contribution is -0.00883. The molecule has 0 amide bonds. The van der Waals surface area contributed by atoms with E-state index in [0.29, 0.717) is 5.92 Å². The van der Waals surface area contributed by atoms with Crippen LogP contribution in [0.3, 0.4) is 0 Å². The highest BCUT2D eigenvalue weighted by Gasteiger charge is 2.42. The van der Waals surface area contributed by atoms with Crippen molar-refractivity contribution in [1.29, 1.82) is 0 Å². The summed E-state index contributed by atoms with van der Waals surface area (Å²) in [6, 6.07) is 10.6. The van der Waals surface area contributed by atoms with Gasteiger partial charge in [-0.3, -0.25) is 0 Å². The highest BCUT2D eigenvalue weighted by atomic mass is 16.3. The van der Waals surface area contributed by atoms with Gasteiger partial charge in [0.15, 0.2) is 0 Å². The summed E-state index contributed by atoms with van der Waals surface area (Å²) >= 11 is 0. The van der Waals surface area contributed by atoms with Gasteiger partial charge in [0.05, 0.1) is 6.10 Å². The van der Waals surface area contributed by atoms with Gasteiger partial charge in [0.25, 0.3) is 0 Å². The van der Waals surface area contributed by atoms with Gasteiger partial charge in [0.2, 0.25) is 0 Å². The zero-order chi connectivity index (χ0) is 12.3. The van der Waals surface area contributed by atoms with Crippen molar-refractivity contribution in [3.8, 4) is 0 Å². The average Bonchev–Trinajstić information content (AvgIpc) is 2.31. The van der Waals surface area contributed by atoms with E-state index in [1.54, 1.807) is 0 Å². The van der Waals surface area contributed by atoms with Crippen molar-refractivity contribution in [1.82, 2.24) is 0 Å². The monoisotopic (exact) mass is 232 g/mol. The maximum atomic E-state index is 10.7. The fraction of sp³-hybridized carbons (Fsp3) is 0.625. The summed E-state index contributed by atoms with van der Waals surface area (Å²) < 4.78 is 0. The van der Waals surface area contributed by atoms with Crippen LogP contribution in [0.4, 0.5) is 0 Å². The summed E-state index contributed by atoms with van der Waals surface area (Å²) in [5, 5.41) is 10.7. The molecule has 0 heterocycles. The number of hydrogen-bond acceptors (Lipinski definition) is 1. The third-order valence-electron chi connectivity index (χ3n) is 4.77. The Kier molecular flexibility index (Phi) is 3.88. The van der Waals surface area contributed by atoms with Crippen molar-refractivity contribution in [2.24, 2.45) is 5.92 Å². The molecule has 1 fully saturated rings. The lowest BCUT2D eigenvalue weighted by Crippen LogP contribution is -2.45. The van der Waals surface area contributed by atoms with Crippen molar-refractivity contribution < 1.29 is 5.11 Å². The normalized spacial score (nSPS) is 18.8. The second kappa shape index (κ2) is 5.22. The minimum Gasteiger partial charge on any atom is -0.392 e. The third kappa shape index (κ3) is 2.13. The molecule has 1 aliphatic rings. The van der Waals surface area contributed by atoms with Gasteiger partial charge in [0, 0.05) is 5.41 Å². The molecule has 0 saturated heterocycles. The quantitative estimate of drug-likeness (QED) is 0.816. The van der Waals surface area contributed by atoms with E-state index in [9.17, 15) is 5.11 Å². The molecule has 1 atom stereocenters. The summed E-state index contributed by atoms with van der Waals surface area (Å²) in [5.74, 6) is 0.523. The van der Waals surface area contributed by atoms with Crippen molar-refractivity contribution in [2.45, 2.75) is 57.5 Å². The number of hydrogen-bond donors (Lipinski definition) is 1. The molecule has 1 unspecified atom stereocenters. The zero-order valence-corrected chi connectivity index (χ0v) is 11.0. The molecule has 1 aromatic rings. The van der Waals surface area contributed by atoms with Crippen LogP contribution in [0, 0.1) is 5.92 Å². The SMILES string of the molecule is CCC(CC)(c1ccccc1)C(O)C1CCC1.